The van der Waals surface area contributed by atoms with Crippen LogP contribution >= 0.6 is 0 Å². The number of aryl methyl sites for hydroxylation is 2. The van der Waals surface area contributed by atoms with E-state index in [-0.39, 0.29) is 30.9 Å². The largest absolute Gasteiger partial charge is 0.493 e. The lowest BCUT2D eigenvalue weighted by Crippen LogP contribution is -2.33. The van der Waals surface area contributed by atoms with Crippen molar-refractivity contribution >= 4 is 29.1 Å². The number of para-hydroxylation sites is 2. The molecule has 3 amide bonds. The van der Waals surface area contributed by atoms with Gasteiger partial charge in [-0.1, -0.05) is 35.4 Å². The van der Waals surface area contributed by atoms with Crippen molar-refractivity contribution in [1.82, 2.24) is 5.32 Å². The summed E-state index contributed by atoms with van der Waals surface area (Å²) in [5.41, 5.74) is 3.42. The molecule has 3 rings (SSSR count). The number of carbonyl (C=O) groups excluding carboxylic acids is 3. The molecule has 8 heteroatoms. The fourth-order valence-electron chi connectivity index (χ4n) is 3.33. The standard InChI is InChI=1S/C26H27N3O5/c1-17-11-18(2)13-19(12-17)26(32)27-15-24(30)28-20-7-6-8-21(14-20)29-25(31)16-34-23-10-5-4-9-22(23)33-3/h4-14H,15-16H2,1-3H3,(H,27,32)(H,28,30)(H,29,31). The highest BCUT2D eigenvalue weighted by Crippen LogP contribution is 2.25. The van der Waals surface area contributed by atoms with Gasteiger partial charge in [-0.3, -0.25) is 14.4 Å². The van der Waals surface area contributed by atoms with Crippen LogP contribution in [-0.4, -0.2) is 38.0 Å². The van der Waals surface area contributed by atoms with E-state index in [1.54, 1.807) is 60.7 Å². The molecule has 0 aliphatic carbocycles. The molecule has 0 spiro atoms. The Balaban J connectivity index is 1.50. The van der Waals surface area contributed by atoms with Crippen molar-refractivity contribution in [2.75, 3.05) is 30.9 Å². The number of anilines is 2. The first-order chi connectivity index (χ1) is 16.3. The van der Waals surface area contributed by atoms with E-state index in [4.69, 9.17) is 9.47 Å². The Bertz CT molecular complexity index is 1170. The van der Waals surface area contributed by atoms with Gasteiger partial charge in [0.1, 0.15) is 0 Å². The molecule has 0 aliphatic rings. The Morgan fingerprint density at radius 3 is 2.03 bits per heavy atom. The lowest BCUT2D eigenvalue weighted by molar-refractivity contribution is -0.118. The summed E-state index contributed by atoms with van der Waals surface area (Å²) in [4.78, 5) is 36.9. The van der Waals surface area contributed by atoms with Gasteiger partial charge in [0, 0.05) is 16.9 Å². The summed E-state index contributed by atoms with van der Waals surface area (Å²) in [7, 11) is 1.52. The maximum absolute atomic E-state index is 12.3. The molecule has 0 atom stereocenters. The second-order valence-electron chi connectivity index (χ2n) is 7.68. The van der Waals surface area contributed by atoms with Crippen molar-refractivity contribution in [2.24, 2.45) is 0 Å². The molecular weight excluding hydrogens is 434 g/mol. The van der Waals surface area contributed by atoms with E-state index in [2.05, 4.69) is 16.0 Å². The Hall–Kier alpha value is -4.33. The number of amides is 3. The summed E-state index contributed by atoms with van der Waals surface area (Å²) in [6.07, 6.45) is 0. The van der Waals surface area contributed by atoms with E-state index in [0.29, 0.717) is 28.4 Å². The van der Waals surface area contributed by atoms with Crippen LogP contribution in [0, 0.1) is 13.8 Å². The Morgan fingerprint density at radius 2 is 1.38 bits per heavy atom. The SMILES string of the molecule is COc1ccccc1OCC(=O)Nc1cccc(NC(=O)CNC(=O)c2cc(C)cc(C)c2)c1. The highest BCUT2D eigenvalue weighted by molar-refractivity contribution is 6.00. The normalized spacial score (nSPS) is 10.2. The highest BCUT2D eigenvalue weighted by Gasteiger charge is 2.11. The first-order valence-corrected chi connectivity index (χ1v) is 10.7. The summed E-state index contributed by atoms with van der Waals surface area (Å²) >= 11 is 0. The fourth-order valence-corrected chi connectivity index (χ4v) is 3.33. The van der Waals surface area contributed by atoms with Gasteiger partial charge in [0.15, 0.2) is 18.1 Å². The molecule has 3 N–H and O–H groups in total. The van der Waals surface area contributed by atoms with Crippen molar-refractivity contribution < 1.29 is 23.9 Å². The summed E-state index contributed by atoms with van der Waals surface area (Å²) < 4.78 is 10.7. The van der Waals surface area contributed by atoms with Gasteiger partial charge in [0.2, 0.25) is 5.91 Å². The molecule has 0 radical (unpaired) electrons. The fraction of sp³-hybridized carbons (Fsp3) is 0.192. The van der Waals surface area contributed by atoms with Crippen LogP contribution in [0.25, 0.3) is 0 Å². The smallest absolute Gasteiger partial charge is 0.262 e. The van der Waals surface area contributed by atoms with Crippen molar-refractivity contribution in [3.63, 3.8) is 0 Å². The summed E-state index contributed by atoms with van der Waals surface area (Å²) in [6.45, 7) is 3.43. The average Bonchev–Trinajstić information content (AvgIpc) is 2.81. The second kappa shape index (κ2) is 11.5. The first kappa shape index (κ1) is 24.3. The maximum atomic E-state index is 12.3. The van der Waals surface area contributed by atoms with Crippen LogP contribution in [0.4, 0.5) is 11.4 Å². The number of rotatable bonds is 9. The van der Waals surface area contributed by atoms with Gasteiger partial charge in [0.05, 0.1) is 13.7 Å². The molecule has 0 fully saturated rings. The third-order valence-electron chi connectivity index (χ3n) is 4.75. The molecule has 3 aromatic carbocycles. The van der Waals surface area contributed by atoms with Crippen molar-refractivity contribution in [1.29, 1.82) is 0 Å². The monoisotopic (exact) mass is 461 g/mol. The minimum Gasteiger partial charge on any atom is -0.493 e. The zero-order chi connectivity index (χ0) is 24.5. The van der Waals surface area contributed by atoms with Gasteiger partial charge >= 0.3 is 0 Å². The number of carbonyl (C=O) groups is 3. The third-order valence-corrected chi connectivity index (χ3v) is 4.75. The lowest BCUT2D eigenvalue weighted by Gasteiger charge is -2.12. The molecule has 0 aromatic heterocycles. The van der Waals surface area contributed by atoms with Gasteiger partial charge in [-0.05, 0) is 56.3 Å². The predicted octanol–water partition coefficient (Wildman–Crippen LogP) is 3.70. The van der Waals surface area contributed by atoms with Crippen molar-refractivity contribution in [2.45, 2.75) is 13.8 Å². The zero-order valence-electron chi connectivity index (χ0n) is 19.3. The minimum absolute atomic E-state index is 0.185. The summed E-state index contributed by atoms with van der Waals surface area (Å²) in [5, 5.41) is 8.04. The molecule has 0 saturated heterocycles. The molecule has 3 aromatic rings. The molecule has 0 bridgehead atoms. The summed E-state index contributed by atoms with van der Waals surface area (Å²) in [6, 6.07) is 19.2. The molecule has 34 heavy (non-hydrogen) atoms. The van der Waals surface area contributed by atoms with Crippen LogP contribution in [-0.2, 0) is 9.59 Å². The minimum atomic E-state index is -0.388. The molecule has 0 aliphatic heterocycles. The van der Waals surface area contributed by atoms with Crippen molar-refractivity contribution in [3.05, 3.63) is 83.4 Å². The molecular formula is C26H27N3O5. The van der Waals surface area contributed by atoms with Crippen LogP contribution in [0.1, 0.15) is 21.5 Å². The summed E-state index contributed by atoms with van der Waals surface area (Å²) in [5.74, 6) is -0.0810. The van der Waals surface area contributed by atoms with Crippen LogP contribution in [0.5, 0.6) is 11.5 Å². The van der Waals surface area contributed by atoms with E-state index in [1.165, 1.54) is 7.11 Å². The van der Waals surface area contributed by atoms with Gasteiger partial charge in [-0.2, -0.15) is 0 Å². The van der Waals surface area contributed by atoms with E-state index >= 15 is 0 Å². The third kappa shape index (κ3) is 7.09. The number of hydrogen-bond acceptors (Lipinski definition) is 5. The Kier molecular flexibility index (Phi) is 8.23. The van der Waals surface area contributed by atoms with Crippen LogP contribution < -0.4 is 25.4 Å². The lowest BCUT2D eigenvalue weighted by atomic mass is 10.1. The van der Waals surface area contributed by atoms with E-state index in [9.17, 15) is 14.4 Å². The predicted molar refractivity (Wildman–Crippen MR) is 130 cm³/mol. The molecule has 8 nitrogen and oxygen atoms in total. The quantitative estimate of drug-likeness (QED) is 0.451. The van der Waals surface area contributed by atoms with Gasteiger partial charge < -0.3 is 25.4 Å². The maximum Gasteiger partial charge on any atom is 0.262 e. The van der Waals surface area contributed by atoms with Gasteiger partial charge in [0.25, 0.3) is 11.8 Å². The second-order valence-corrected chi connectivity index (χ2v) is 7.68. The van der Waals surface area contributed by atoms with Crippen LogP contribution in [0.2, 0.25) is 0 Å². The van der Waals surface area contributed by atoms with Crippen LogP contribution in [0.15, 0.2) is 66.7 Å². The van der Waals surface area contributed by atoms with Gasteiger partial charge in [-0.15, -0.1) is 0 Å². The number of methoxy groups -OCH3 is 1. The highest BCUT2D eigenvalue weighted by atomic mass is 16.5. The van der Waals surface area contributed by atoms with E-state index in [0.717, 1.165) is 11.1 Å². The topological polar surface area (TPSA) is 106 Å². The zero-order valence-corrected chi connectivity index (χ0v) is 19.3. The number of ether oxygens (including phenoxy) is 2. The van der Waals surface area contributed by atoms with Gasteiger partial charge in [-0.25, -0.2) is 0 Å². The Morgan fingerprint density at radius 1 is 0.765 bits per heavy atom. The number of nitrogens with one attached hydrogen (secondary N) is 3. The number of hydrogen-bond donors (Lipinski definition) is 3. The van der Waals surface area contributed by atoms with Crippen molar-refractivity contribution in [3.8, 4) is 11.5 Å². The Labute approximate surface area is 198 Å². The molecule has 0 saturated carbocycles. The van der Waals surface area contributed by atoms with Crippen LogP contribution in [0.3, 0.4) is 0 Å². The average molecular weight is 462 g/mol. The first-order valence-electron chi connectivity index (χ1n) is 10.7. The molecule has 176 valence electrons. The van der Waals surface area contributed by atoms with E-state index in [1.807, 2.05) is 19.9 Å². The number of benzene rings is 3. The molecule has 0 heterocycles. The molecule has 0 unspecified atom stereocenters. The van der Waals surface area contributed by atoms with E-state index < -0.39 is 0 Å².